The summed E-state index contributed by atoms with van der Waals surface area (Å²) in [5.74, 6) is 1.88. The molecule has 1 atom stereocenters. The number of hydrogen-bond acceptors (Lipinski definition) is 4. The van der Waals surface area contributed by atoms with Crippen LogP contribution in [0.1, 0.15) is 44.2 Å². The minimum absolute atomic E-state index is 0.357. The molecule has 0 unspecified atom stereocenters. The van der Waals surface area contributed by atoms with Crippen molar-refractivity contribution in [3.8, 4) is 11.5 Å². The van der Waals surface area contributed by atoms with Crippen molar-refractivity contribution in [2.24, 2.45) is 0 Å². The van der Waals surface area contributed by atoms with Crippen LogP contribution < -0.4 is 14.8 Å². The van der Waals surface area contributed by atoms with E-state index in [1.165, 1.54) is 31.2 Å². The fourth-order valence-electron chi connectivity index (χ4n) is 3.33. The molecule has 1 aromatic rings. The van der Waals surface area contributed by atoms with Gasteiger partial charge < -0.3 is 14.8 Å². The Kier molecular flexibility index (Phi) is 4.99. The number of fused-ring (bicyclic) bond motifs is 1. The quantitative estimate of drug-likeness (QED) is 0.817. The van der Waals surface area contributed by atoms with Gasteiger partial charge >= 0.3 is 0 Å². The first-order valence-electron chi connectivity index (χ1n) is 8.23. The Hall–Kier alpha value is -1.26. The van der Waals surface area contributed by atoms with E-state index in [1.54, 1.807) is 0 Å². The highest BCUT2D eigenvalue weighted by Gasteiger charge is 2.28. The van der Waals surface area contributed by atoms with Crippen molar-refractivity contribution in [3.05, 3.63) is 23.8 Å². The van der Waals surface area contributed by atoms with E-state index in [0.29, 0.717) is 12.8 Å². The Labute approximate surface area is 127 Å². The van der Waals surface area contributed by atoms with Crippen molar-refractivity contribution in [3.63, 3.8) is 0 Å². The van der Waals surface area contributed by atoms with Gasteiger partial charge in [0.15, 0.2) is 11.5 Å². The highest BCUT2D eigenvalue weighted by molar-refractivity contribution is 5.49. The summed E-state index contributed by atoms with van der Waals surface area (Å²) < 4.78 is 11.3. The maximum atomic E-state index is 5.74. The second kappa shape index (κ2) is 7.14. The van der Waals surface area contributed by atoms with E-state index < -0.39 is 0 Å². The molecule has 1 fully saturated rings. The van der Waals surface area contributed by atoms with Crippen molar-refractivity contribution in [1.82, 2.24) is 10.2 Å². The van der Waals surface area contributed by atoms with Crippen molar-refractivity contribution in [2.45, 2.75) is 38.6 Å². The molecular formula is C17H26N2O2. The van der Waals surface area contributed by atoms with Crippen molar-refractivity contribution in [2.75, 3.05) is 33.0 Å². The molecule has 1 aromatic carbocycles. The molecule has 0 saturated carbocycles. The summed E-state index contributed by atoms with van der Waals surface area (Å²) in [6.45, 7) is 7.00. The van der Waals surface area contributed by atoms with E-state index in [1.807, 2.05) is 6.07 Å². The smallest absolute Gasteiger partial charge is 0.231 e. The number of unbranched alkanes of at least 4 members (excludes halogenated alkanes) is 2. The van der Waals surface area contributed by atoms with Crippen LogP contribution in [-0.2, 0) is 0 Å². The molecule has 2 aliphatic heterocycles. The van der Waals surface area contributed by atoms with Crippen LogP contribution in [0.15, 0.2) is 18.2 Å². The van der Waals surface area contributed by atoms with Crippen LogP contribution in [0.25, 0.3) is 0 Å². The predicted molar refractivity (Wildman–Crippen MR) is 83.9 cm³/mol. The Morgan fingerprint density at radius 1 is 1.19 bits per heavy atom. The van der Waals surface area contributed by atoms with Crippen LogP contribution in [0.2, 0.25) is 0 Å². The average molecular weight is 290 g/mol. The second-order valence-corrected chi connectivity index (χ2v) is 5.88. The molecule has 0 bridgehead atoms. The van der Waals surface area contributed by atoms with Gasteiger partial charge in [-0.15, -0.1) is 0 Å². The van der Waals surface area contributed by atoms with Gasteiger partial charge in [-0.25, -0.2) is 0 Å². The van der Waals surface area contributed by atoms with Gasteiger partial charge in [-0.1, -0.05) is 38.3 Å². The number of nitrogens with one attached hydrogen (secondary N) is 1. The molecule has 0 aromatic heterocycles. The zero-order valence-corrected chi connectivity index (χ0v) is 12.9. The normalized spacial score (nSPS) is 19.7. The monoisotopic (exact) mass is 290 g/mol. The minimum atomic E-state index is 0.357. The van der Waals surface area contributed by atoms with Crippen molar-refractivity contribution >= 4 is 0 Å². The van der Waals surface area contributed by atoms with Crippen LogP contribution in [0.5, 0.6) is 11.5 Å². The standard InChI is InChI=1S/C17H26N2O2/c1-2-3-4-7-15(19-11-9-18-10-12-19)14-6-5-8-16-17(14)21-13-20-16/h5-6,8,15,18H,2-4,7,9-13H2,1H3/t15-/m0/s1. The van der Waals surface area contributed by atoms with Gasteiger partial charge in [0.1, 0.15) is 0 Å². The highest BCUT2D eigenvalue weighted by atomic mass is 16.7. The molecule has 0 amide bonds. The Morgan fingerprint density at radius 2 is 2.05 bits per heavy atom. The van der Waals surface area contributed by atoms with Crippen LogP contribution in [0, 0.1) is 0 Å². The average Bonchev–Trinajstić information content (AvgIpc) is 3.01. The summed E-state index contributed by atoms with van der Waals surface area (Å²) >= 11 is 0. The molecule has 4 nitrogen and oxygen atoms in total. The molecule has 21 heavy (non-hydrogen) atoms. The molecule has 3 rings (SSSR count). The molecule has 4 heteroatoms. The van der Waals surface area contributed by atoms with Gasteiger partial charge in [0.25, 0.3) is 0 Å². The molecule has 0 spiro atoms. The van der Waals surface area contributed by atoms with Gasteiger partial charge in [-0.3, -0.25) is 4.90 Å². The van der Waals surface area contributed by atoms with Gasteiger partial charge in [-0.2, -0.15) is 0 Å². The summed E-state index contributed by atoms with van der Waals surface area (Å²) in [6.07, 6.45) is 5.04. The molecule has 2 heterocycles. The maximum absolute atomic E-state index is 5.74. The first-order chi connectivity index (χ1) is 10.4. The molecule has 2 aliphatic rings. The number of benzene rings is 1. The van der Waals surface area contributed by atoms with E-state index in [2.05, 4.69) is 29.3 Å². The fraction of sp³-hybridized carbons (Fsp3) is 0.647. The third kappa shape index (κ3) is 3.33. The number of para-hydroxylation sites is 1. The van der Waals surface area contributed by atoms with Crippen LogP contribution >= 0.6 is 0 Å². The first-order valence-corrected chi connectivity index (χ1v) is 8.23. The lowest BCUT2D eigenvalue weighted by molar-refractivity contribution is 0.152. The summed E-state index contributed by atoms with van der Waals surface area (Å²) in [5.41, 5.74) is 1.31. The van der Waals surface area contributed by atoms with Gasteiger partial charge in [0.05, 0.1) is 0 Å². The lowest BCUT2D eigenvalue weighted by atomic mass is 9.97. The summed E-state index contributed by atoms with van der Waals surface area (Å²) in [6, 6.07) is 6.77. The van der Waals surface area contributed by atoms with Gasteiger partial charge in [0, 0.05) is 37.8 Å². The molecule has 1 saturated heterocycles. The van der Waals surface area contributed by atoms with Crippen molar-refractivity contribution < 1.29 is 9.47 Å². The van der Waals surface area contributed by atoms with E-state index in [9.17, 15) is 0 Å². The molecular weight excluding hydrogens is 264 g/mol. The fourth-order valence-corrected chi connectivity index (χ4v) is 3.33. The van der Waals surface area contributed by atoms with Crippen LogP contribution in [0.3, 0.4) is 0 Å². The molecule has 1 N–H and O–H groups in total. The zero-order valence-electron chi connectivity index (χ0n) is 12.9. The number of ether oxygens (including phenoxy) is 2. The predicted octanol–water partition coefficient (Wildman–Crippen LogP) is 2.94. The van der Waals surface area contributed by atoms with Gasteiger partial charge in [-0.05, 0) is 12.5 Å². The lowest BCUT2D eigenvalue weighted by Gasteiger charge is -2.35. The summed E-state index contributed by atoms with van der Waals surface area (Å²) in [7, 11) is 0. The third-order valence-electron chi connectivity index (χ3n) is 4.46. The molecule has 0 radical (unpaired) electrons. The zero-order chi connectivity index (χ0) is 14.5. The topological polar surface area (TPSA) is 33.7 Å². The van der Waals surface area contributed by atoms with Crippen LogP contribution in [-0.4, -0.2) is 37.9 Å². The maximum Gasteiger partial charge on any atom is 0.231 e. The largest absolute Gasteiger partial charge is 0.454 e. The number of hydrogen-bond donors (Lipinski definition) is 1. The molecule has 0 aliphatic carbocycles. The van der Waals surface area contributed by atoms with E-state index in [0.717, 1.165) is 37.7 Å². The Morgan fingerprint density at radius 3 is 2.86 bits per heavy atom. The highest BCUT2D eigenvalue weighted by Crippen LogP contribution is 2.41. The number of piperazine rings is 1. The number of nitrogens with zero attached hydrogens (tertiary/aromatic N) is 1. The van der Waals surface area contributed by atoms with Crippen LogP contribution in [0.4, 0.5) is 0 Å². The SMILES string of the molecule is CCCCC[C@@H](c1cccc2c1OCO2)N1CCNCC1. The first kappa shape index (κ1) is 14.7. The second-order valence-electron chi connectivity index (χ2n) is 5.88. The summed E-state index contributed by atoms with van der Waals surface area (Å²) in [5, 5.41) is 3.44. The lowest BCUT2D eigenvalue weighted by Crippen LogP contribution is -2.45. The summed E-state index contributed by atoms with van der Waals surface area (Å²) in [4.78, 5) is 2.60. The minimum Gasteiger partial charge on any atom is -0.454 e. The van der Waals surface area contributed by atoms with Crippen molar-refractivity contribution in [1.29, 1.82) is 0 Å². The molecule has 116 valence electrons. The van der Waals surface area contributed by atoms with E-state index in [-0.39, 0.29) is 0 Å². The Bertz CT molecular complexity index is 458. The number of rotatable bonds is 6. The van der Waals surface area contributed by atoms with E-state index >= 15 is 0 Å². The third-order valence-corrected chi connectivity index (χ3v) is 4.46. The Balaban J connectivity index is 1.81. The van der Waals surface area contributed by atoms with E-state index in [4.69, 9.17) is 9.47 Å². The van der Waals surface area contributed by atoms with Gasteiger partial charge in [0.2, 0.25) is 6.79 Å².